The molecule has 0 amide bonds. The van der Waals surface area contributed by atoms with Gasteiger partial charge in [-0.15, -0.1) is 0 Å². The Hall–Kier alpha value is -2.25. The van der Waals surface area contributed by atoms with Gasteiger partial charge in [0.25, 0.3) is 5.69 Å². The van der Waals surface area contributed by atoms with E-state index >= 15 is 0 Å². The average molecular weight is 261 g/mol. The molecular formula is C10H6F3NO4. The van der Waals surface area contributed by atoms with Gasteiger partial charge in [0.1, 0.15) is 0 Å². The van der Waals surface area contributed by atoms with Gasteiger partial charge in [0.15, 0.2) is 12.1 Å². The van der Waals surface area contributed by atoms with Crippen LogP contribution in [0.25, 0.3) is 0 Å². The summed E-state index contributed by atoms with van der Waals surface area (Å²) in [6.07, 6.45) is -4.88. The molecule has 0 spiro atoms. The lowest BCUT2D eigenvalue weighted by atomic mass is 9.99. The molecule has 0 aromatic heterocycles. The number of hydrogen-bond acceptors (Lipinski definition) is 4. The number of halogens is 3. The molecule has 0 fully saturated rings. The molecule has 0 heterocycles. The normalized spacial score (nSPS) is 11.1. The summed E-state index contributed by atoms with van der Waals surface area (Å²) in [6, 6.07) is 0.775. The Balaban J connectivity index is 3.68. The number of carbonyl (C=O) groups excluding carboxylic acids is 2. The smallest absolute Gasteiger partial charge is 0.298 e. The van der Waals surface area contributed by atoms with Gasteiger partial charge in [-0.05, 0) is 13.0 Å². The van der Waals surface area contributed by atoms with Crippen LogP contribution in [0.3, 0.4) is 0 Å². The SMILES string of the molecule is CC(=O)c1cc(C=O)c([N+](=O)[O-])cc1C(F)(F)F. The molecule has 0 aliphatic rings. The van der Waals surface area contributed by atoms with Crippen molar-refractivity contribution in [1.82, 2.24) is 0 Å². The zero-order valence-electron chi connectivity index (χ0n) is 8.95. The largest absolute Gasteiger partial charge is 0.417 e. The van der Waals surface area contributed by atoms with Gasteiger partial charge < -0.3 is 0 Å². The molecule has 0 saturated heterocycles. The minimum atomic E-state index is -4.91. The minimum absolute atomic E-state index is 0.0325. The molecular weight excluding hydrogens is 255 g/mol. The van der Waals surface area contributed by atoms with Crippen LogP contribution in [0.2, 0.25) is 0 Å². The van der Waals surface area contributed by atoms with Crippen molar-refractivity contribution in [2.75, 3.05) is 0 Å². The van der Waals surface area contributed by atoms with E-state index in [9.17, 15) is 32.9 Å². The van der Waals surface area contributed by atoms with Crippen molar-refractivity contribution in [1.29, 1.82) is 0 Å². The van der Waals surface area contributed by atoms with Crippen LogP contribution in [0, 0.1) is 10.1 Å². The summed E-state index contributed by atoms with van der Waals surface area (Å²) in [4.78, 5) is 31.1. The fourth-order valence-electron chi connectivity index (χ4n) is 1.38. The predicted molar refractivity (Wildman–Crippen MR) is 53.5 cm³/mol. The van der Waals surface area contributed by atoms with Crippen LogP contribution < -0.4 is 0 Å². The fraction of sp³-hybridized carbons (Fsp3) is 0.200. The molecule has 0 aliphatic carbocycles. The highest BCUT2D eigenvalue weighted by Crippen LogP contribution is 2.35. The fourth-order valence-corrected chi connectivity index (χ4v) is 1.38. The van der Waals surface area contributed by atoms with Crippen LogP contribution in [0.5, 0.6) is 0 Å². The van der Waals surface area contributed by atoms with Gasteiger partial charge in [0.05, 0.1) is 16.1 Å². The van der Waals surface area contributed by atoms with Gasteiger partial charge >= 0.3 is 6.18 Å². The van der Waals surface area contributed by atoms with Crippen LogP contribution in [0.4, 0.5) is 18.9 Å². The number of carbonyl (C=O) groups is 2. The maximum absolute atomic E-state index is 12.6. The highest BCUT2D eigenvalue weighted by Gasteiger charge is 2.37. The standard InChI is InChI=1S/C10H6F3NO4/c1-5(16)7-2-6(4-15)9(14(17)18)3-8(7)10(11,12)13/h2-4H,1H3. The number of nitro benzene ring substituents is 1. The molecule has 0 aliphatic heterocycles. The summed E-state index contributed by atoms with van der Waals surface area (Å²) in [6.45, 7) is 0.880. The summed E-state index contributed by atoms with van der Waals surface area (Å²) in [5.74, 6) is -0.930. The summed E-state index contributed by atoms with van der Waals surface area (Å²) in [5, 5.41) is 10.5. The number of ketones is 1. The number of nitrogens with zero attached hydrogens (tertiary/aromatic N) is 1. The van der Waals surface area contributed by atoms with Crippen molar-refractivity contribution in [2.45, 2.75) is 13.1 Å². The Morgan fingerprint density at radius 1 is 1.39 bits per heavy atom. The Labute approximate surface area is 98.4 Å². The molecule has 1 aromatic carbocycles. The van der Waals surface area contributed by atoms with Crippen LogP contribution in [0.1, 0.15) is 33.2 Å². The number of rotatable bonds is 3. The van der Waals surface area contributed by atoms with E-state index in [1.165, 1.54) is 0 Å². The molecule has 0 radical (unpaired) electrons. The summed E-state index contributed by atoms with van der Waals surface area (Å²) in [7, 11) is 0. The first-order valence-electron chi connectivity index (χ1n) is 4.54. The van der Waals surface area contributed by atoms with E-state index in [-0.39, 0.29) is 12.4 Å². The summed E-state index contributed by atoms with van der Waals surface area (Å²) < 4.78 is 37.9. The molecule has 0 atom stereocenters. The van der Waals surface area contributed by atoms with Crippen molar-refractivity contribution < 1.29 is 27.7 Å². The van der Waals surface area contributed by atoms with Gasteiger partial charge in [0, 0.05) is 11.6 Å². The quantitative estimate of drug-likeness (QED) is 0.362. The molecule has 96 valence electrons. The second kappa shape index (κ2) is 4.55. The van der Waals surface area contributed by atoms with Crippen molar-refractivity contribution >= 4 is 17.8 Å². The number of aldehydes is 1. The molecule has 0 unspecified atom stereocenters. The first-order chi connectivity index (χ1) is 8.18. The molecule has 18 heavy (non-hydrogen) atoms. The highest BCUT2D eigenvalue weighted by molar-refractivity contribution is 5.98. The van der Waals surface area contributed by atoms with Crippen molar-refractivity contribution in [3.63, 3.8) is 0 Å². The first-order valence-corrected chi connectivity index (χ1v) is 4.54. The van der Waals surface area contributed by atoms with E-state index in [0.29, 0.717) is 6.07 Å². The van der Waals surface area contributed by atoms with Crippen molar-refractivity contribution in [2.24, 2.45) is 0 Å². The molecule has 0 N–H and O–H groups in total. The number of alkyl halides is 3. The Morgan fingerprint density at radius 2 is 1.94 bits per heavy atom. The van der Waals surface area contributed by atoms with E-state index in [4.69, 9.17) is 0 Å². The van der Waals surface area contributed by atoms with Crippen molar-refractivity contribution in [3.05, 3.63) is 38.9 Å². The lowest BCUT2D eigenvalue weighted by Crippen LogP contribution is -2.13. The second-order valence-electron chi connectivity index (χ2n) is 3.39. The highest BCUT2D eigenvalue weighted by atomic mass is 19.4. The van der Waals surface area contributed by atoms with E-state index in [2.05, 4.69) is 0 Å². The average Bonchev–Trinajstić information content (AvgIpc) is 2.25. The van der Waals surface area contributed by atoms with E-state index in [1.807, 2.05) is 0 Å². The molecule has 1 aromatic rings. The lowest BCUT2D eigenvalue weighted by Gasteiger charge is -2.11. The summed E-state index contributed by atoms with van der Waals surface area (Å²) >= 11 is 0. The Bertz CT molecular complexity index is 537. The van der Waals surface area contributed by atoms with Crippen LogP contribution >= 0.6 is 0 Å². The lowest BCUT2D eigenvalue weighted by molar-refractivity contribution is -0.385. The number of nitro groups is 1. The third-order valence-electron chi connectivity index (χ3n) is 2.18. The third kappa shape index (κ3) is 2.53. The van der Waals surface area contributed by atoms with E-state index < -0.39 is 39.3 Å². The molecule has 1 rings (SSSR count). The second-order valence-corrected chi connectivity index (χ2v) is 3.39. The van der Waals surface area contributed by atoms with Gasteiger partial charge in [-0.25, -0.2) is 0 Å². The Morgan fingerprint density at radius 3 is 2.28 bits per heavy atom. The van der Waals surface area contributed by atoms with Gasteiger partial charge in [-0.2, -0.15) is 13.2 Å². The van der Waals surface area contributed by atoms with Crippen LogP contribution in [-0.2, 0) is 6.18 Å². The third-order valence-corrected chi connectivity index (χ3v) is 2.18. The van der Waals surface area contributed by atoms with Crippen molar-refractivity contribution in [3.8, 4) is 0 Å². The summed E-state index contributed by atoms with van der Waals surface area (Å²) in [5.41, 5.74) is -3.75. The number of benzene rings is 1. The Kier molecular flexibility index (Phi) is 3.49. The number of hydrogen-bond donors (Lipinski definition) is 0. The molecule has 0 saturated carbocycles. The van der Waals surface area contributed by atoms with E-state index in [0.717, 1.165) is 6.92 Å². The van der Waals surface area contributed by atoms with E-state index in [1.54, 1.807) is 0 Å². The van der Waals surface area contributed by atoms with Crippen LogP contribution in [-0.4, -0.2) is 17.0 Å². The first kappa shape index (κ1) is 13.8. The predicted octanol–water partition coefficient (Wildman–Crippen LogP) is 2.63. The maximum Gasteiger partial charge on any atom is 0.417 e. The zero-order valence-corrected chi connectivity index (χ0v) is 8.95. The molecule has 0 bridgehead atoms. The topological polar surface area (TPSA) is 77.3 Å². The van der Waals surface area contributed by atoms with Crippen LogP contribution in [0.15, 0.2) is 12.1 Å². The van der Waals surface area contributed by atoms with Gasteiger partial charge in [-0.1, -0.05) is 0 Å². The molecule has 5 nitrogen and oxygen atoms in total. The zero-order chi connectivity index (χ0) is 14.1. The van der Waals surface area contributed by atoms with Gasteiger partial charge in [0.2, 0.25) is 0 Å². The number of Topliss-reactive ketones (excluding diaryl/α,β-unsaturated/α-hetero) is 1. The monoisotopic (exact) mass is 261 g/mol. The minimum Gasteiger partial charge on any atom is -0.298 e. The maximum atomic E-state index is 12.6. The van der Waals surface area contributed by atoms with Gasteiger partial charge in [-0.3, -0.25) is 19.7 Å². The molecule has 8 heteroatoms.